The number of hydrogen-bond acceptors (Lipinski definition) is 13. The Morgan fingerprint density at radius 1 is 0.515 bits per heavy atom. The molecule has 9 atom stereocenters. The normalized spacial score (nSPS) is 22.8. The van der Waals surface area contributed by atoms with E-state index in [0.717, 1.165) is 57.8 Å². The Hall–Kier alpha value is -4.31. The molecule has 0 heterocycles. The second-order valence-corrected chi connectivity index (χ2v) is 17.1. The zero-order chi connectivity index (χ0) is 50.1. The van der Waals surface area contributed by atoms with Crippen molar-refractivity contribution in [3.63, 3.8) is 0 Å². The van der Waals surface area contributed by atoms with Gasteiger partial charge in [-0.1, -0.05) is 160 Å². The molecule has 0 aromatic rings. The predicted octanol–water partition coefficient (Wildman–Crippen LogP) is 8.69. The number of ether oxygens (including phenoxy) is 2. The molecular formula is C53H79O14P. The van der Waals surface area contributed by atoms with E-state index in [9.17, 15) is 49.7 Å². The van der Waals surface area contributed by atoms with Crippen molar-refractivity contribution in [3.05, 3.63) is 146 Å². The fourth-order valence-corrected chi connectivity index (χ4v) is 6.98. The minimum Gasteiger partial charge on any atom is -0.462 e. The second kappa shape index (κ2) is 40.6. The van der Waals surface area contributed by atoms with Crippen LogP contribution in [0.4, 0.5) is 0 Å². The average Bonchev–Trinajstić information content (AvgIpc) is 3.32. The van der Waals surface area contributed by atoms with Crippen LogP contribution in [0.25, 0.3) is 0 Å². The van der Waals surface area contributed by atoms with Gasteiger partial charge in [0.15, 0.2) is 6.10 Å². The van der Waals surface area contributed by atoms with E-state index in [1.54, 1.807) is 12.2 Å². The topological polar surface area (TPSA) is 230 Å². The first kappa shape index (κ1) is 61.7. The number of phosphoric acid groups is 1. The van der Waals surface area contributed by atoms with E-state index in [4.69, 9.17) is 18.5 Å². The van der Waals surface area contributed by atoms with Gasteiger partial charge in [0.25, 0.3) is 0 Å². The molecule has 7 N–H and O–H groups in total. The standard InChI is InChI=1S/C53H79O14P/c1-3-5-7-9-11-13-15-17-19-21-22-23-25-27-29-31-33-35-37-39-46(55)64-42-45(43-65-68(62,63)67-53-51(60)49(58)48(57)50(59)52(53)61)66-47(56)41-40-44(54)38-36-34-32-30-28-26-24-20-18-16-14-12-10-8-6-4-2/h5-8,11-14,17-20,22-23,26-29,32-36,38,44-45,48-54,57-61H,3-4,9-10,15-16,21,24-25,30-31,37,39-43H2,1-2H3,(H,62,63)/b7-5-,8-6-,13-11-,14-12-,19-17-,20-18-,23-22-,28-26-,29-27-,34-32-,35-33-,38-36-/t44?,45-,48?,49-,50+,51-,52-,53?/m1/s1. The smallest absolute Gasteiger partial charge is 0.462 e. The number of carbonyl (C=O) groups is 2. The molecule has 1 fully saturated rings. The van der Waals surface area contributed by atoms with Gasteiger partial charge in [-0.05, 0) is 83.5 Å². The van der Waals surface area contributed by atoms with Gasteiger partial charge in [0.1, 0.15) is 43.2 Å². The Kier molecular flexibility index (Phi) is 36.8. The maximum absolute atomic E-state index is 12.8. The Morgan fingerprint density at radius 2 is 0.912 bits per heavy atom. The lowest BCUT2D eigenvalue weighted by molar-refractivity contribution is -0.220. The van der Waals surface area contributed by atoms with Crippen LogP contribution in [-0.4, -0.2) is 110 Å². The zero-order valence-electron chi connectivity index (χ0n) is 39.9. The van der Waals surface area contributed by atoms with E-state index >= 15 is 0 Å². The number of hydrogen-bond donors (Lipinski definition) is 7. The summed E-state index contributed by atoms with van der Waals surface area (Å²) in [5.41, 5.74) is 0. The molecule has 68 heavy (non-hydrogen) atoms. The van der Waals surface area contributed by atoms with Crippen LogP contribution in [0.2, 0.25) is 0 Å². The van der Waals surface area contributed by atoms with Crippen molar-refractivity contribution in [1.29, 1.82) is 0 Å². The first-order valence-corrected chi connectivity index (χ1v) is 25.2. The van der Waals surface area contributed by atoms with E-state index in [1.807, 2.05) is 36.5 Å². The molecule has 15 heteroatoms. The number of carbonyl (C=O) groups excluding carboxylic acids is 2. The molecule has 1 saturated carbocycles. The third-order valence-electron chi connectivity index (χ3n) is 9.81. The summed E-state index contributed by atoms with van der Waals surface area (Å²) in [5.74, 6) is -1.50. The SMILES string of the molecule is CC/C=C\C/C=C\C/C=C\C/C=C\C/C=C\C=C/C(O)CCC(=O)O[C@H](COC(=O)CC/C=C\C/C=C\C/C=C\C/C=C\C/C=C\C/C=C\CC)COP(=O)(O)OC1[C@H](O)[C@H](O)C(O)[C@H](O)[C@H]1O. The predicted molar refractivity (Wildman–Crippen MR) is 268 cm³/mol. The third kappa shape index (κ3) is 32.4. The molecule has 1 aliphatic rings. The van der Waals surface area contributed by atoms with Crippen LogP contribution in [0.15, 0.2) is 146 Å². The van der Waals surface area contributed by atoms with E-state index in [0.29, 0.717) is 19.3 Å². The Labute approximate surface area is 404 Å². The number of esters is 2. The maximum Gasteiger partial charge on any atom is 0.472 e. The average molecular weight is 971 g/mol. The maximum atomic E-state index is 12.8. The highest BCUT2D eigenvalue weighted by molar-refractivity contribution is 7.47. The molecule has 0 saturated heterocycles. The minimum absolute atomic E-state index is 0.0182. The fourth-order valence-electron chi connectivity index (χ4n) is 6.01. The van der Waals surface area contributed by atoms with Gasteiger partial charge in [0.05, 0.1) is 12.7 Å². The molecule has 0 aromatic carbocycles. The molecule has 0 aromatic heterocycles. The van der Waals surface area contributed by atoms with Gasteiger partial charge in [0.2, 0.25) is 0 Å². The molecule has 4 unspecified atom stereocenters. The van der Waals surface area contributed by atoms with E-state index in [-0.39, 0.29) is 19.3 Å². The van der Waals surface area contributed by atoms with Crippen molar-refractivity contribution in [1.82, 2.24) is 0 Å². The lowest BCUT2D eigenvalue weighted by Gasteiger charge is -2.41. The molecular weight excluding hydrogens is 892 g/mol. The molecule has 0 spiro atoms. The summed E-state index contributed by atoms with van der Waals surface area (Å²) in [4.78, 5) is 35.7. The summed E-state index contributed by atoms with van der Waals surface area (Å²) in [6.45, 7) is 2.78. The highest BCUT2D eigenvalue weighted by atomic mass is 31.2. The lowest BCUT2D eigenvalue weighted by atomic mass is 9.85. The van der Waals surface area contributed by atoms with Crippen LogP contribution in [-0.2, 0) is 32.7 Å². The van der Waals surface area contributed by atoms with Gasteiger partial charge in [0, 0.05) is 12.8 Å². The Morgan fingerprint density at radius 3 is 1.35 bits per heavy atom. The molecule has 14 nitrogen and oxygen atoms in total. The first-order chi connectivity index (χ1) is 32.8. The Bertz CT molecular complexity index is 1750. The summed E-state index contributed by atoms with van der Waals surface area (Å²) in [5, 5.41) is 60.6. The molecule has 1 rings (SSSR count). The minimum atomic E-state index is -5.22. The lowest BCUT2D eigenvalue weighted by Crippen LogP contribution is -2.64. The van der Waals surface area contributed by atoms with Crippen molar-refractivity contribution < 1.29 is 68.2 Å². The molecule has 1 aliphatic carbocycles. The van der Waals surface area contributed by atoms with E-state index in [1.165, 1.54) is 6.08 Å². The summed E-state index contributed by atoms with van der Waals surface area (Å²) in [6, 6.07) is 0. The van der Waals surface area contributed by atoms with Crippen molar-refractivity contribution in [2.45, 2.75) is 159 Å². The third-order valence-corrected chi connectivity index (χ3v) is 10.8. The first-order valence-electron chi connectivity index (χ1n) is 23.7. The number of aliphatic hydroxyl groups excluding tert-OH is 6. The van der Waals surface area contributed by atoms with Crippen molar-refractivity contribution in [3.8, 4) is 0 Å². The highest BCUT2D eigenvalue weighted by Crippen LogP contribution is 2.47. The van der Waals surface area contributed by atoms with Crippen LogP contribution in [0, 0.1) is 0 Å². The Balaban J connectivity index is 2.62. The van der Waals surface area contributed by atoms with Crippen LogP contribution >= 0.6 is 7.82 Å². The molecule has 0 aliphatic heterocycles. The van der Waals surface area contributed by atoms with Crippen LogP contribution in [0.3, 0.4) is 0 Å². The van der Waals surface area contributed by atoms with Crippen LogP contribution in [0.1, 0.15) is 110 Å². The van der Waals surface area contributed by atoms with Crippen molar-refractivity contribution >= 4 is 19.8 Å². The quantitative estimate of drug-likeness (QED) is 0.0135. The fraction of sp³-hybridized carbons (Fsp3) is 0.509. The number of phosphoric ester groups is 1. The van der Waals surface area contributed by atoms with Gasteiger partial charge < -0.3 is 45.0 Å². The van der Waals surface area contributed by atoms with Gasteiger partial charge in [-0.25, -0.2) is 4.57 Å². The van der Waals surface area contributed by atoms with Gasteiger partial charge >= 0.3 is 19.8 Å². The molecule has 380 valence electrons. The summed E-state index contributed by atoms with van der Waals surface area (Å²) < 4.78 is 33.3. The zero-order valence-corrected chi connectivity index (χ0v) is 40.8. The van der Waals surface area contributed by atoms with E-state index < -0.39 is 81.8 Å². The summed E-state index contributed by atoms with van der Waals surface area (Å²) in [7, 11) is -5.22. The van der Waals surface area contributed by atoms with E-state index in [2.05, 4.69) is 105 Å². The van der Waals surface area contributed by atoms with Gasteiger partial charge in [-0.2, -0.15) is 0 Å². The van der Waals surface area contributed by atoms with Crippen LogP contribution in [0.5, 0.6) is 0 Å². The second-order valence-electron chi connectivity index (χ2n) is 15.7. The van der Waals surface area contributed by atoms with Gasteiger partial charge in [-0.15, -0.1) is 0 Å². The summed E-state index contributed by atoms with van der Waals surface area (Å²) in [6.07, 6.45) is 43.7. The number of allylic oxidation sites excluding steroid dienone is 23. The number of rotatable bonds is 36. The van der Waals surface area contributed by atoms with Crippen molar-refractivity contribution in [2.75, 3.05) is 13.2 Å². The highest BCUT2D eigenvalue weighted by Gasteiger charge is 2.51. The van der Waals surface area contributed by atoms with Crippen molar-refractivity contribution in [2.24, 2.45) is 0 Å². The number of aliphatic hydroxyl groups is 6. The van der Waals surface area contributed by atoms with Gasteiger partial charge in [-0.3, -0.25) is 18.6 Å². The van der Waals surface area contributed by atoms with Crippen LogP contribution < -0.4 is 0 Å². The largest absolute Gasteiger partial charge is 0.472 e. The monoisotopic (exact) mass is 971 g/mol. The summed E-state index contributed by atoms with van der Waals surface area (Å²) >= 11 is 0. The molecule has 0 bridgehead atoms. The molecule has 0 amide bonds. The molecule has 0 radical (unpaired) electrons.